The normalized spacial score (nSPS) is 18.9. The van der Waals surface area contributed by atoms with E-state index in [1.54, 1.807) is 6.07 Å². The number of ether oxygens (including phenoxy) is 2. The molecule has 0 amide bonds. The van der Waals surface area contributed by atoms with Crippen molar-refractivity contribution >= 4 is 11.6 Å². The average molecular weight is 243 g/mol. The summed E-state index contributed by atoms with van der Waals surface area (Å²) in [7, 11) is 0. The Morgan fingerprint density at radius 2 is 2.12 bits per heavy atom. The van der Waals surface area contributed by atoms with Crippen molar-refractivity contribution in [3.8, 4) is 0 Å². The van der Waals surface area contributed by atoms with Crippen LogP contribution in [-0.2, 0) is 9.47 Å². The van der Waals surface area contributed by atoms with Gasteiger partial charge in [-0.05, 0) is 24.1 Å². The van der Waals surface area contributed by atoms with E-state index >= 15 is 0 Å². The summed E-state index contributed by atoms with van der Waals surface area (Å²) in [5.74, 6) is 0. The van der Waals surface area contributed by atoms with Gasteiger partial charge in [0.2, 0.25) is 0 Å². The molecular weight excluding hydrogens is 228 g/mol. The molecule has 0 spiro atoms. The highest BCUT2D eigenvalue weighted by molar-refractivity contribution is 6.31. The number of aliphatic hydroxyl groups is 1. The zero-order valence-corrected chi connectivity index (χ0v) is 9.91. The second-order valence-electron chi connectivity index (χ2n) is 3.93. The Morgan fingerprint density at radius 1 is 1.44 bits per heavy atom. The molecular formula is C12H15ClO3. The van der Waals surface area contributed by atoms with Crippen LogP contribution in [0.4, 0.5) is 0 Å². The van der Waals surface area contributed by atoms with Crippen molar-refractivity contribution in [2.45, 2.75) is 25.7 Å². The molecule has 3 nitrogen and oxygen atoms in total. The lowest BCUT2D eigenvalue weighted by molar-refractivity contribution is -0.0707. The van der Waals surface area contributed by atoms with Gasteiger partial charge in [0.1, 0.15) is 0 Å². The molecule has 0 aliphatic carbocycles. The van der Waals surface area contributed by atoms with Gasteiger partial charge in [0, 0.05) is 11.4 Å². The summed E-state index contributed by atoms with van der Waals surface area (Å²) < 4.78 is 10.6. The van der Waals surface area contributed by atoms with E-state index in [0.29, 0.717) is 24.7 Å². The van der Waals surface area contributed by atoms with Gasteiger partial charge in [-0.25, -0.2) is 0 Å². The fourth-order valence-corrected chi connectivity index (χ4v) is 1.87. The van der Waals surface area contributed by atoms with Crippen molar-refractivity contribution in [2.75, 3.05) is 13.2 Å². The summed E-state index contributed by atoms with van der Waals surface area (Å²) in [6.45, 7) is 3.14. The fraction of sp³-hybridized carbons (Fsp3) is 0.500. The van der Waals surface area contributed by atoms with Gasteiger partial charge in [-0.2, -0.15) is 0 Å². The van der Waals surface area contributed by atoms with Gasteiger partial charge in [-0.3, -0.25) is 0 Å². The maximum absolute atomic E-state index is 9.98. The summed E-state index contributed by atoms with van der Waals surface area (Å²) in [4.78, 5) is 0. The predicted octanol–water partition coefficient (Wildman–Crippen LogP) is 2.44. The van der Waals surface area contributed by atoms with Crippen molar-refractivity contribution in [3.05, 3.63) is 34.3 Å². The summed E-state index contributed by atoms with van der Waals surface area (Å²) in [5.41, 5.74) is 1.81. The second kappa shape index (κ2) is 5.15. The van der Waals surface area contributed by atoms with Gasteiger partial charge in [0.15, 0.2) is 6.29 Å². The van der Waals surface area contributed by atoms with Crippen molar-refractivity contribution in [1.29, 1.82) is 0 Å². The molecule has 1 N–H and O–H groups in total. The molecule has 1 aromatic carbocycles. The summed E-state index contributed by atoms with van der Waals surface area (Å²) >= 11 is 6.00. The molecule has 1 atom stereocenters. The van der Waals surface area contributed by atoms with Crippen molar-refractivity contribution in [1.82, 2.24) is 0 Å². The van der Waals surface area contributed by atoms with E-state index in [9.17, 15) is 5.11 Å². The molecule has 16 heavy (non-hydrogen) atoms. The van der Waals surface area contributed by atoms with Crippen molar-refractivity contribution in [2.24, 2.45) is 0 Å². The quantitative estimate of drug-likeness (QED) is 0.885. The van der Waals surface area contributed by atoms with Crippen LogP contribution in [0.15, 0.2) is 18.2 Å². The standard InChI is InChI=1S/C12H15ClO3/c1-8-2-3-9(6-10(8)13)11(14)7-12-15-4-5-16-12/h2-3,6,11-12,14H,4-5,7H2,1H3. The van der Waals surface area contributed by atoms with Crippen LogP contribution < -0.4 is 0 Å². The van der Waals surface area contributed by atoms with Gasteiger partial charge in [-0.1, -0.05) is 23.7 Å². The molecule has 4 heteroatoms. The number of aliphatic hydroxyl groups excluding tert-OH is 1. The molecule has 1 saturated heterocycles. The zero-order chi connectivity index (χ0) is 11.5. The first kappa shape index (κ1) is 11.9. The molecule has 1 aliphatic rings. The van der Waals surface area contributed by atoms with Gasteiger partial charge < -0.3 is 14.6 Å². The van der Waals surface area contributed by atoms with E-state index < -0.39 is 6.10 Å². The van der Waals surface area contributed by atoms with E-state index in [2.05, 4.69) is 0 Å². The first-order valence-corrected chi connectivity index (χ1v) is 5.72. The summed E-state index contributed by atoms with van der Waals surface area (Å²) in [5, 5.41) is 10.6. The minimum Gasteiger partial charge on any atom is -0.388 e. The lowest BCUT2D eigenvalue weighted by atomic mass is 10.0. The second-order valence-corrected chi connectivity index (χ2v) is 4.34. The van der Waals surface area contributed by atoms with Crippen LogP contribution in [0, 0.1) is 6.92 Å². The molecule has 0 bridgehead atoms. The van der Waals surface area contributed by atoms with E-state index in [-0.39, 0.29) is 6.29 Å². The molecule has 1 unspecified atom stereocenters. The highest BCUT2D eigenvalue weighted by Gasteiger charge is 2.21. The topological polar surface area (TPSA) is 38.7 Å². The van der Waals surface area contributed by atoms with E-state index in [4.69, 9.17) is 21.1 Å². The van der Waals surface area contributed by atoms with Crippen molar-refractivity contribution in [3.63, 3.8) is 0 Å². The molecule has 0 aromatic heterocycles. The Morgan fingerprint density at radius 3 is 2.75 bits per heavy atom. The first-order chi connectivity index (χ1) is 7.66. The molecule has 1 aromatic rings. The van der Waals surface area contributed by atoms with Crippen LogP contribution in [0.3, 0.4) is 0 Å². The van der Waals surface area contributed by atoms with Crippen LogP contribution in [0.1, 0.15) is 23.7 Å². The maximum atomic E-state index is 9.98. The summed E-state index contributed by atoms with van der Waals surface area (Å²) in [6.07, 6.45) is -0.448. The molecule has 2 rings (SSSR count). The van der Waals surface area contributed by atoms with Crippen LogP contribution >= 0.6 is 11.6 Å². The Balaban J connectivity index is 2.02. The number of benzene rings is 1. The van der Waals surface area contributed by atoms with Gasteiger partial charge in [-0.15, -0.1) is 0 Å². The van der Waals surface area contributed by atoms with Crippen LogP contribution in [0.5, 0.6) is 0 Å². The number of rotatable bonds is 3. The van der Waals surface area contributed by atoms with E-state index in [0.717, 1.165) is 11.1 Å². The Labute approximate surface area is 99.9 Å². The Kier molecular flexibility index (Phi) is 3.82. The Hall–Kier alpha value is -0.610. The Bertz CT molecular complexity index is 361. The highest BCUT2D eigenvalue weighted by atomic mass is 35.5. The highest BCUT2D eigenvalue weighted by Crippen LogP contribution is 2.25. The van der Waals surface area contributed by atoms with Crippen molar-refractivity contribution < 1.29 is 14.6 Å². The molecule has 0 radical (unpaired) electrons. The lowest BCUT2D eigenvalue weighted by Gasteiger charge is -2.15. The minimum absolute atomic E-state index is 0.296. The molecule has 1 heterocycles. The number of halogens is 1. The third kappa shape index (κ3) is 2.74. The lowest BCUT2D eigenvalue weighted by Crippen LogP contribution is -2.13. The molecule has 1 fully saturated rings. The van der Waals surface area contributed by atoms with Crippen LogP contribution in [-0.4, -0.2) is 24.6 Å². The zero-order valence-electron chi connectivity index (χ0n) is 9.15. The molecule has 0 saturated carbocycles. The largest absolute Gasteiger partial charge is 0.388 e. The minimum atomic E-state index is -0.596. The third-order valence-corrected chi connectivity index (χ3v) is 3.09. The number of aryl methyl sites for hydroxylation is 1. The smallest absolute Gasteiger partial charge is 0.160 e. The van der Waals surface area contributed by atoms with Crippen LogP contribution in [0.2, 0.25) is 5.02 Å². The van der Waals surface area contributed by atoms with Gasteiger partial charge in [0.25, 0.3) is 0 Å². The number of hydrogen-bond acceptors (Lipinski definition) is 3. The fourth-order valence-electron chi connectivity index (χ4n) is 1.68. The molecule has 88 valence electrons. The number of hydrogen-bond donors (Lipinski definition) is 1. The van der Waals surface area contributed by atoms with E-state index in [1.807, 2.05) is 19.1 Å². The average Bonchev–Trinajstić information content (AvgIpc) is 2.74. The van der Waals surface area contributed by atoms with Gasteiger partial charge in [0.05, 0.1) is 19.3 Å². The van der Waals surface area contributed by atoms with E-state index in [1.165, 1.54) is 0 Å². The summed E-state index contributed by atoms with van der Waals surface area (Å²) in [6, 6.07) is 5.56. The third-order valence-electron chi connectivity index (χ3n) is 2.69. The SMILES string of the molecule is Cc1ccc(C(O)CC2OCCO2)cc1Cl. The predicted molar refractivity (Wildman–Crippen MR) is 61.5 cm³/mol. The molecule has 1 aliphatic heterocycles. The maximum Gasteiger partial charge on any atom is 0.160 e. The van der Waals surface area contributed by atoms with Gasteiger partial charge >= 0.3 is 0 Å². The van der Waals surface area contributed by atoms with Crippen LogP contribution in [0.25, 0.3) is 0 Å². The first-order valence-electron chi connectivity index (χ1n) is 5.34. The monoisotopic (exact) mass is 242 g/mol.